The van der Waals surface area contributed by atoms with E-state index in [1.807, 2.05) is 9.80 Å². The number of carbonyl (C=O) groups is 2. The Balaban J connectivity index is -0.000000514. The van der Waals surface area contributed by atoms with E-state index >= 15 is 0 Å². The first-order chi connectivity index (χ1) is 19.3. The molecule has 0 saturated heterocycles. The highest BCUT2D eigenvalue weighted by molar-refractivity contribution is 5.64. The van der Waals surface area contributed by atoms with Gasteiger partial charge < -0.3 is 29.6 Å². The predicted molar refractivity (Wildman–Crippen MR) is 168 cm³/mol. The summed E-state index contributed by atoms with van der Waals surface area (Å²) in [5.41, 5.74) is 0. The van der Waals surface area contributed by atoms with Crippen LogP contribution in [-0.4, -0.2) is 51.2 Å². The molecule has 0 aliphatic heterocycles. The minimum Gasteiger partial charge on any atom is -0.550 e. The van der Waals surface area contributed by atoms with Crippen molar-refractivity contribution in [3.63, 3.8) is 0 Å². The average molecular weight is 573 g/mol. The van der Waals surface area contributed by atoms with E-state index in [0.29, 0.717) is 12.8 Å². The number of aliphatic carboxylic acids is 2. The van der Waals surface area contributed by atoms with E-state index < -0.39 is 11.9 Å². The maximum absolute atomic E-state index is 10.0. The molecule has 6 heteroatoms. The van der Waals surface area contributed by atoms with Gasteiger partial charge in [0.2, 0.25) is 0 Å². The summed E-state index contributed by atoms with van der Waals surface area (Å²) in [5.74, 6) is -2.00. The lowest BCUT2D eigenvalue weighted by atomic mass is 10.1. The van der Waals surface area contributed by atoms with Crippen LogP contribution in [0.25, 0.3) is 0 Å². The minimum atomic E-state index is -0.998. The third kappa shape index (κ3) is 41.3. The maximum Gasteiger partial charge on any atom is 0.0770 e. The average Bonchev–Trinajstić information content (AvgIpc) is 2.94. The lowest BCUT2D eigenvalue weighted by molar-refractivity contribution is -0.900. The number of nitrogens with one attached hydrogen (secondary N) is 2. The molecule has 0 aromatic heterocycles. The van der Waals surface area contributed by atoms with Crippen LogP contribution in [0, 0.1) is 0 Å². The number of hydrogen-bond acceptors (Lipinski definition) is 4. The van der Waals surface area contributed by atoms with Gasteiger partial charge in [-0.3, -0.25) is 0 Å². The van der Waals surface area contributed by atoms with Crippen LogP contribution in [0.5, 0.6) is 0 Å². The van der Waals surface area contributed by atoms with Gasteiger partial charge in [-0.05, 0) is 64.2 Å². The van der Waals surface area contributed by atoms with Crippen LogP contribution in [-0.2, 0) is 9.59 Å². The molecule has 0 atom stereocenters. The maximum atomic E-state index is 10.0. The number of carboxylic acids is 2. The van der Waals surface area contributed by atoms with Crippen LogP contribution < -0.4 is 20.0 Å². The molecule has 0 heterocycles. The predicted octanol–water partition coefficient (Wildman–Crippen LogP) is 4.15. The van der Waals surface area contributed by atoms with Crippen LogP contribution in [0.4, 0.5) is 0 Å². The van der Waals surface area contributed by atoms with Gasteiger partial charge in [-0.1, -0.05) is 106 Å². The largest absolute Gasteiger partial charge is 0.550 e. The summed E-state index contributed by atoms with van der Waals surface area (Å²) in [7, 11) is 0. The Morgan fingerprint density at radius 1 is 0.375 bits per heavy atom. The van der Waals surface area contributed by atoms with E-state index in [1.165, 1.54) is 116 Å². The van der Waals surface area contributed by atoms with Crippen molar-refractivity contribution in [2.24, 2.45) is 0 Å². The van der Waals surface area contributed by atoms with Crippen molar-refractivity contribution in [3.05, 3.63) is 0 Å². The van der Waals surface area contributed by atoms with E-state index in [9.17, 15) is 19.8 Å². The van der Waals surface area contributed by atoms with E-state index in [2.05, 4.69) is 41.5 Å². The van der Waals surface area contributed by atoms with Gasteiger partial charge in [0.25, 0.3) is 0 Å². The summed E-state index contributed by atoms with van der Waals surface area (Å²) in [6.45, 7) is 22.1. The van der Waals surface area contributed by atoms with Gasteiger partial charge >= 0.3 is 0 Å². The molecule has 0 rings (SSSR count). The van der Waals surface area contributed by atoms with E-state index in [1.54, 1.807) is 0 Å². The van der Waals surface area contributed by atoms with Gasteiger partial charge in [0, 0.05) is 11.9 Å². The van der Waals surface area contributed by atoms with Crippen molar-refractivity contribution in [1.82, 2.24) is 0 Å². The Hall–Kier alpha value is -1.14. The molecule has 40 heavy (non-hydrogen) atoms. The lowest BCUT2D eigenvalue weighted by Crippen LogP contribution is -3.12. The van der Waals surface area contributed by atoms with Crippen molar-refractivity contribution in [2.75, 3.05) is 39.3 Å². The van der Waals surface area contributed by atoms with Crippen LogP contribution in [0.3, 0.4) is 0 Å². The molecular formula is C34H72N2O4. The lowest BCUT2D eigenvalue weighted by Gasteiger charge is -2.18. The van der Waals surface area contributed by atoms with E-state index in [0.717, 1.165) is 25.7 Å². The standard InChI is InChI=1S/2C12H27N.C10H18O4/c2*1-4-7-10-13(11-8-5-2)12-9-6-3;11-9(12)7-5-3-1-2-4-6-8-10(13)14/h2*4-12H2,1-3H3;1-8H2,(H,11,12)(H,13,14). The van der Waals surface area contributed by atoms with Gasteiger partial charge in [-0.25, -0.2) is 0 Å². The van der Waals surface area contributed by atoms with Crippen molar-refractivity contribution in [1.29, 1.82) is 0 Å². The molecule has 0 aromatic carbocycles. The second kappa shape index (κ2) is 37.9. The van der Waals surface area contributed by atoms with Crippen LogP contribution in [0.15, 0.2) is 0 Å². The molecule has 2 N–H and O–H groups in total. The Morgan fingerprint density at radius 2 is 0.575 bits per heavy atom. The molecule has 0 amide bonds. The van der Waals surface area contributed by atoms with Crippen LogP contribution in [0.1, 0.15) is 170 Å². The highest BCUT2D eigenvalue weighted by atomic mass is 16.4. The molecule has 0 fully saturated rings. The monoisotopic (exact) mass is 573 g/mol. The summed E-state index contributed by atoms with van der Waals surface area (Å²) in [6, 6.07) is 0. The van der Waals surface area contributed by atoms with Gasteiger partial charge in [-0.2, -0.15) is 0 Å². The normalized spacial score (nSPS) is 10.7. The molecule has 0 spiro atoms. The third-order valence-corrected chi connectivity index (χ3v) is 7.32. The van der Waals surface area contributed by atoms with Crippen LogP contribution >= 0.6 is 0 Å². The Bertz CT molecular complexity index is 420. The topological polar surface area (TPSA) is 89.1 Å². The molecule has 0 radical (unpaired) electrons. The molecule has 0 unspecified atom stereocenters. The van der Waals surface area contributed by atoms with E-state index in [4.69, 9.17) is 0 Å². The molecule has 0 aliphatic rings. The zero-order valence-electron chi connectivity index (χ0n) is 28.0. The molecule has 6 nitrogen and oxygen atoms in total. The number of hydrogen-bond donors (Lipinski definition) is 2. The fourth-order valence-electron chi connectivity index (χ4n) is 4.56. The summed E-state index contributed by atoms with van der Waals surface area (Å²) in [4.78, 5) is 23.7. The Morgan fingerprint density at radius 3 is 0.750 bits per heavy atom. The first kappa shape index (κ1) is 43.3. The SMILES string of the molecule is CCCC[NH+](CCCC)CCCC.CCCC[NH+](CCCC)CCCC.O=C([O-])CCCCCCCCC(=O)[O-]. The first-order valence-electron chi connectivity index (χ1n) is 17.4. The third-order valence-electron chi connectivity index (χ3n) is 7.32. The minimum absolute atomic E-state index is 0.124. The highest BCUT2D eigenvalue weighted by Gasteiger charge is 2.06. The fraction of sp³-hybridized carbons (Fsp3) is 0.941. The van der Waals surface area contributed by atoms with E-state index in [-0.39, 0.29) is 12.8 Å². The van der Waals surface area contributed by atoms with Crippen LogP contribution in [0.2, 0.25) is 0 Å². The number of unbranched alkanes of at least 4 members (excludes halogenated alkanes) is 11. The number of carbonyl (C=O) groups excluding carboxylic acids is 2. The summed E-state index contributed by atoms with van der Waals surface area (Å²) >= 11 is 0. The Labute approximate surface area is 250 Å². The van der Waals surface area contributed by atoms with Gasteiger partial charge in [0.05, 0.1) is 39.3 Å². The first-order valence-corrected chi connectivity index (χ1v) is 17.4. The van der Waals surface area contributed by atoms with Crippen molar-refractivity contribution >= 4 is 11.9 Å². The molecule has 242 valence electrons. The number of carboxylic acid groups (broad SMARTS) is 2. The molecule has 0 saturated carbocycles. The smallest absolute Gasteiger partial charge is 0.0770 e. The van der Waals surface area contributed by atoms with Crippen molar-refractivity contribution in [3.8, 4) is 0 Å². The zero-order chi connectivity index (χ0) is 30.7. The molecule has 0 bridgehead atoms. The fourth-order valence-corrected chi connectivity index (χ4v) is 4.56. The zero-order valence-corrected chi connectivity index (χ0v) is 28.0. The van der Waals surface area contributed by atoms with Gasteiger partial charge in [-0.15, -0.1) is 0 Å². The van der Waals surface area contributed by atoms with Crippen molar-refractivity contribution in [2.45, 2.75) is 170 Å². The number of rotatable bonds is 27. The van der Waals surface area contributed by atoms with Gasteiger partial charge in [0.15, 0.2) is 0 Å². The van der Waals surface area contributed by atoms with Gasteiger partial charge in [0.1, 0.15) is 0 Å². The molecular weight excluding hydrogens is 500 g/mol. The molecule has 0 aromatic rings. The Kier molecular flexibility index (Phi) is 41.0. The number of quaternary nitrogens is 2. The summed E-state index contributed by atoms with van der Waals surface area (Å²) < 4.78 is 0. The van der Waals surface area contributed by atoms with Crippen molar-refractivity contribution < 1.29 is 29.6 Å². The summed E-state index contributed by atoms with van der Waals surface area (Å²) in [6.07, 6.45) is 21.8. The second-order valence-electron chi connectivity index (χ2n) is 11.5. The highest BCUT2D eigenvalue weighted by Crippen LogP contribution is 2.07. The second-order valence-corrected chi connectivity index (χ2v) is 11.5. The molecule has 0 aliphatic carbocycles. The summed E-state index contributed by atoms with van der Waals surface area (Å²) in [5, 5.41) is 20.1. The quantitative estimate of drug-likeness (QED) is 0.145.